The molecule has 0 spiro atoms. The number of hydrogen-bond donors (Lipinski definition) is 0. The average molecular weight is 255 g/mol. The van der Waals surface area contributed by atoms with Crippen LogP contribution in [0.3, 0.4) is 0 Å². The van der Waals surface area contributed by atoms with Crippen molar-refractivity contribution >= 4 is 5.57 Å². The molecule has 0 aliphatic carbocycles. The van der Waals surface area contributed by atoms with Crippen LogP contribution < -0.4 is 0 Å². The van der Waals surface area contributed by atoms with E-state index in [1.165, 1.54) is 30.3 Å². The number of benzene rings is 2. The minimum atomic E-state index is -0.393. The zero-order valence-electron chi connectivity index (χ0n) is 10.3. The molecule has 0 amide bonds. The van der Waals surface area contributed by atoms with Crippen LogP contribution in [0.15, 0.2) is 48.5 Å². The smallest absolute Gasteiger partial charge is 0.123 e. The van der Waals surface area contributed by atoms with Gasteiger partial charge in [-0.25, -0.2) is 8.78 Å². The summed E-state index contributed by atoms with van der Waals surface area (Å²) in [4.78, 5) is 0. The fourth-order valence-corrected chi connectivity index (χ4v) is 1.92. The third kappa shape index (κ3) is 2.86. The third-order valence-electron chi connectivity index (χ3n) is 2.83. The summed E-state index contributed by atoms with van der Waals surface area (Å²) in [6.45, 7) is 1.82. The Bertz CT molecular complexity index is 681. The second-order valence-corrected chi connectivity index (χ2v) is 4.16. The molecular formula is C16H11F2N. The molecule has 0 aliphatic rings. The van der Waals surface area contributed by atoms with E-state index in [2.05, 4.69) is 0 Å². The zero-order valence-corrected chi connectivity index (χ0v) is 10.3. The molecule has 3 heteroatoms. The second-order valence-electron chi connectivity index (χ2n) is 4.16. The van der Waals surface area contributed by atoms with Gasteiger partial charge in [-0.15, -0.1) is 0 Å². The first-order chi connectivity index (χ1) is 9.11. The highest BCUT2D eigenvalue weighted by molar-refractivity contribution is 5.82. The fourth-order valence-electron chi connectivity index (χ4n) is 1.92. The van der Waals surface area contributed by atoms with Crippen molar-refractivity contribution in [2.45, 2.75) is 6.92 Å². The summed E-state index contributed by atoms with van der Waals surface area (Å²) in [5.41, 5.74) is 2.48. The molecule has 94 valence electrons. The topological polar surface area (TPSA) is 23.8 Å². The fraction of sp³-hybridized carbons (Fsp3) is 0.0625. The molecule has 19 heavy (non-hydrogen) atoms. The van der Waals surface area contributed by atoms with Crippen LogP contribution in [0.2, 0.25) is 0 Å². The van der Waals surface area contributed by atoms with E-state index in [0.29, 0.717) is 16.7 Å². The Morgan fingerprint density at radius 2 is 1.84 bits per heavy atom. The maximum atomic E-state index is 13.4. The number of rotatable bonds is 2. The van der Waals surface area contributed by atoms with Gasteiger partial charge >= 0.3 is 0 Å². The molecule has 0 atom stereocenters. The highest BCUT2D eigenvalue weighted by Crippen LogP contribution is 2.27. The average Bonchev–Trinajstić information content (AvgIpc) is 2.39. The molecule has 0 saturated carbocycles. The highest BCUT2D eigenvalue weighted by atomic mass is 19.1. The van der Waals surface area contributed by atoms with Crippen molar-refractivity contribution < 1.29 is 8.78 Å². The molecule has 0 aromatic heterocycles. The summed E-state index contributed by atoms with van der Waals surface area (Å²) >= 11 is 0. The Kier molecular flexibility index (Phi) is 3.72. The van der Waals surface area contributed by atoms with Gasteiger partial charge in [0.25, 0.3) is 0 Å². The SMILES string of the molecule is Cc1ccc(F)cc1/C(=C\C#N)c1cccc(F)c1. The molecule has 0 fully saturated rings. The highest BCUT2D eigenvalue weighted by Gasteiger charge is 2.10. The van der Waals surface area contributed by atoms with Crippen LogP contribution in [0.4, 0.5) is 8.78 Å². The minimum absolute atomic E-state index is 0.388. The summed E-state index contributed by atoms with van der Waals surface area (Å²) in [6, 6.07) is 12.2. The summed E-state index contributed by atoms with van der Waals surface area (Å²) in [6.07, 6.45) is 1.30. The van der Waals surface area contributed by atoms with Crippen molar-refractivity contribution in [3.8, 4) is 6.07 Å². The molecule has 2 rings (SSSR count). The van der Waals surface area contributed by atoms with Gasteiger partial charge in [0.15, 0.2) is 0 Å². The van der Waals surface area contributed by atoms with E-state index in [4.69, 9.17) is 5.26 Å². The molecule has 0 bridgehead atoms. The Balaban J connectivity index is 2.63. The van der Waals surface area contributed by atoms with E-state index in [-0.39, 0.29) is 5.82 Å². The second kappa shape index (κ2) is 5.45. The molecule has 2 aromatic carbocycles. The van der Waals surface area contributed by atoms with Crippen molar-refractivity contribution in [3.63, 3.8) is 0 Å². The normalized spacial score (nSPS) is 11.2. The van der Waals surface area contributed by atoms with Crippen LogP contribution in [0.5, 0.6) is 0 Å². The number of hydrogen-bond acceptors (Lipinski definition) is 1. The number of allylic oxidation sites excluding steroid dienone is 1. The first-order valence-electron chi connectivity index (χ1n) is 5.74. The molecule has 0 saturated heterocycles. The number of halogens is 2. The van der Waals surface area contributed by atoms with Crippen molar-refractivity contribution in [2.24, 2.45) is 0 Å². The molecule has 0 aliphatic heterocycles. The van der Waals surface area contributed by atoms with Crippen LogP contribution in [-0.4, -0.2) is 0 Å². The van der Waals surface area contributed by atoms with Gasteiger partial charge in [-0.3, -0.25) is 0 Å². The molecule has 0 radical (unpaired) electrons. The molecule has 2 aromatic rings. The summed E-state index contributed by atoms with van der Waals surface area (Å²) in [5.74, 6) is -0.781. The standard InChI is InChI=1S/C16H11F2N/c1-11-5-6-14(18)10-16(11)15(7-8-19)12-3-2-4-13(17)9-12/h2-7,9-10H,1H3/b15-7-. The molecular weight excluding hydrogens is 244 g/mol. The first-order valence-corrected chi connectivity index (χ1v) is 5.74. The van der Waals surface area contributed by atoms with Crippen LogP contribution in [0.1, 0.15) is 16.7 Å². The lowest BCUT2D eigenvalue weighted by molar-refractivity contribution is 0.626. The molecule has 0 N–H and O–H groups in total. The Labute approximate surface area is 110 Å². The quantitative estimate of drug-likeness (QED) is 0.737. The van der Waals surface area contributed by atoms with E-state index in [0.717, 1.165) is 5.56 Å². The van der Waals surface area contributed by atoms with Gasteiger partial charge in [-0.05, 0) is 53.5 Å². The van der Waals surface area contributed by atoms with Crippen molar-refractivity contribution in [3.05, 3.63) is 76.9 Å². The van der Waals surface area contributed by atoms with Crippen molar-refractivity contribution in [2.75, 3.05) is 0 Å². The summed E-state index contributed by atoms with van der Waals surface area (Å²) in [5, 5.41) is 8.87. The van der Waals surface area contributed by atoms with Gasteiger partial charge in [-0.2, -0.15) is 5.26 Å². The largest absolute Gasteiger partial charge is 0.207 e. The summed E-state index contributed by atoms with van der Waals surface area (Å²) < 4.78 is 26.6. The number of nitriles is 1. The minimum Gasteiger partial charge on any atom is -0.207 e. The first kappa shape index (κ1) is 13.0. The van der Waals surface area contributed by atoms with Gasteiger partial charge in [0, 0.05) is 6.08 Å². The number of aryl methyl sites for hydroxylation is 1. The zero-order chi connectivity index (χ0) is 13.8. The van der Waals surface area contributed by atoms with Gasteiger partial charge in [0.05, 0.1) is 6.07 Å². The van der Waals surface area contributed by atoms with Crippen LogP contribution in [0.25, 0.3) is 5.57 Å². The molecule has 0 heterocycles. The lowest BCUT2D eigenvalue weighted by Gasteiger charge is -2.10. The Morgan fingerprint density at radius 3 is 2.53 bits per heavy atom. The Hall–Kier alpha value is -2.47. The van der Waals surface area contributed by atoms with Crippen LogP contribution >= 0.6 is 0 Å². The predicted molar refractivity (Wildman–Crippen MR) is 70.2 cm³/mol. The van der Waals surface area contributed by atoms with Gasteiger partial charge in [0.2, 0.25) is 0 Å². The monoisotopic (exact) mass is 255 g/mol. The lowest BCUT2D eigenvalue weighted by atomic mass is 9.94. The van der Waals surface area contributed by atoms with Crippen molar-refractivity contribution in [1.29, 1.82) is 5.26 Å². The van der Waals surface area contributed by atoms with Gasteiger partial charge in [0.1, 0.15) is 11.6 Å². The van der Waals surface area contributed by atoms with E-state index >= 15 is 0 Å². The molecule has 1 nitrogen and oxygen atoms in total. The van der Waals surface area contributed by atoms with E-state index < -0.39 is 5.82 Å². The van der Waals surface area contributed by atoms with Gasteiger partial charge in [-0.1, -0.05) is 18.2 Å². The van der Waals surface area contributed by atoms with Gasteiger partial charge < -0.3 is 0 Å². The van der Waals surface area contributed by atoms with E-state index in [9.17, 15) is 8.78 Å². The number of nitrogens with zero attached hydrogens (tertiary/aromatic N) is 1. The maximum Gasteiger partial charge on any atom is 0.123 e. The lowest BCUT2D eigenvalue weighted by Crippen LogP contribution is -1.93. The van der Waals surface area contributed by atoms with Crippen LogP contribution in [-0.2, 0) is 0 Å². The van der Waals surface area contributed by atoms with Crippen LogP contribution in [0, 0.1) is 29.9 Å². The maximum absolute atomic E-state index is 13.4. The summed E-state index contributed by atoms with van der Waals surface area (Å²) in [7, 11) is 0. The van der Waals surface area contributed by atoms with E-state index in [1.807, 2.05) is 13.0 Å². The Morgan fingerprint density at radius 1 is 1.11 bits per heavy atom. The van der Waals surface area contributed by atoms with Crippen molar-refractivity contribution in [1.82, 2.24) is 0 Å². The predicted octanol–water partition coefficient (Wildman–Crippen LogP) is 4.23. The molecule has 0 unspecified atom stereocenters. The van der Waals surface area contributed by atoms with E-state index in [1.54, 1.807) is 18.2 Å². The third-order valence-corrected chi connectivity index (χ3v) is 2.83.